The first-order valence-electron chi connectivity index (χ1n) is 10.3. The second-order valence-corrected chi connectivity index (χ2v) is 8.19. The Hall–Kier alpha value is -1.10. The van der Waals surface area contributed by atoms with Gasteiger partial charge in [0, 0.05) is 31.2 Å². The van der Waals surface area contributed by atoms with Crippen LogP contribution in [0.3, 0.4) is 0 Å². The summed E-state index contributed by atoms with van der Waals surface area (Å²) in [6.07, 6.45) is 16.3. The van der Waals surface area contributed by atoms with Crippen LogP contribution in [0.5, 0.6) is 0 Å². The van der Waals surface area contributed by atoms with E-state index in [1.54, 1.807) is 0 Å². The Morgan fingerprint density at radius 2 is 1.92 bits per heavy atom. The molecule has 2 aliphatic carbocycles. The van der Waals surface area contributed by atoms with Crippen LogP contribution in [0, 0.1) is 5.92 Å². The molecule has 1 aliphatic heterocycles. The van der Waals surface area contributed by atoms with Crippen molar-refractivity contribution in [1.29, 1.82) is 0 Å². The number of carbonyl (C=O) groups is 1. The number of hydrogen-bond acceptors (Lipinski definition) is 2. The second-order valence-electron chi connectivity index (χ2n) is 7.78. The smallest absolute Gasteiger partial charge is 0.226 e. The van der Waals surface area contributed by atoms with Crippen LogP contribution in [-0.4, -0.2) is 35.1 Å². The predicted octanol–water partition coefficient (Wildman–Crippen LogP) is 3.87. The van der Waals surface area contributed by atoms with E-state index in [0.29, 0.717) is 24.3 Å². The highest BCUT2D eigenvalue weighted by atomic mass is 32.1. The average Bonchev–Trinajstić information content (AvgIpc) is 2.65. The summed E-state index contributed by atoms with van der Waals surface area (Å²) < 4.78 is 0. The first-order valence-corrected chi connectivity index (χ1v) is 10.7. The van der Waals surface area contributed by atoms with Gasteiger partial charge in [-0.2, -0.15) is 0 Å². The zero-order valence-corrected chi connectivity index (χ0v) is 16.2. The van der Waals surface area contributed by atoms with E-state index in [4.69, 9.17) is 12.2 Å². The van der Waals surface area contributed by atoms with Gasteiger partial charge >= 0.3 is 0 Å². The summed E-state index contributed by atoms with van der Waals surface area (Å²) in [5.74, 6) is 0.933. The van der Waals surface area contributed by atoms with Crippen LogP contribution in [0.2, 0.25) is 0 Å². The van der Waals surface area contributed by atoms with Crippen LogP contribution in [0.1, 0.15) is 77.0 Å². The third-order valence-corrected chi connectivity index (χ3v) is 6.13. The minimum atomic E-state index is 0.297. The molecule has 0 aromatic rings. The Bertz CT molecular complexity index is 499. The number of rotatable bonds is 5. The molecule has 1 atom stereocenters. The van der Waals surface area contributed by atoms with Crippen LogP contribution < -0.4 is 10.6 Å². The van der Waals surface area contributed by atoms with Gasteiger partial charge in [-0.05, 0) is 69.5 Å². The molecule has 3 aliphatic rings. The number of amides is 1. The van der Waals surface area contributed by atoms with E-state index in [9.17, 15) is 4.79 Å². The van der Waals surface area contributed by atoms with Gasteiger partial charge in [0.05, 0.1) is 0 Å². The van der Waals surface area contributed by atoms with E-state index >= 15 is 0 Å². The SMILES string of the molecule is O=C(CCCNC(=S)NC1CCCCC1)N1CCCC2CCCC=C21. The van der Waals surface area contributed by atoms with Gasteiger partial charge in [0.15, 0.2) is 5.11 Å². The number of hydrogen-bond donors (Lipinski definition) is 2. The molecule has 25 heavy (non-hydrogen) atoms. The number of likely N-dealkylation sites (tertiary alicyclic amines) is 1. The molecular formula is C20H33N3OS. The van der Waals surface area contributed by atoms with Crippen molar-refractivity contribution < 1.29 is 4.79 Å². The summed E-state index contributed by atoms with van der Waals surface area (Å²) in [7, 11) is 0. The Morgan fingerprint density at radius 3 is 2.76 bits per heavy atom. The Labute approximate surface area is 157 Å². The largest absolute Gasteiger partial charge is 0.363 e. The van der Waals surface area contributed by atoms with Crippen molar-refractivity contribution in [3.8, 4) is 0 Å². The van der Waals surface area contributed by atoms with Crippen LogP contribution in [0.4, 0.5) is 0 Å². The summed E-state index contributed by atoms with van der Waals surface area (Å²) in [4.78, 5) is 14.7. The van der Waals surface area contributed by atoms with Gasteiger partial charge in [-0.15, -0.1) is 0 Å². The fourth-order valence-corrected chi connectivity index (χ4v) is 4.77. The van der Waals surface area contributed by atoms with E-state index in [0.717, 1.165) is 37.5 Å². The lowest BCUT2D eigenvalue weighted by Gasteiger charge is -2.38. The maximum absolute atomic E-state index is 12.6. The molecule has 1 unspecified atom stereocenters. The zero-order valence-electron chi connectivity index (χ0n) is 15.4. The normalized spacial score (nSPS) is 24.2. The molecule has 4 nitrogen and oxygen atoms in total. The molecule has 1 saturated heterocycles. The lowest BCUT2D eigenvalue weighted by atomic mass is 9.85. The Morgan fingerprint density at radius 1 is 1.12 bits per heavy atom. The van der Waals surface area contributed by atoms with Gasteiger partial charge in [0.25, 0.3) is 0 Å². The topological polar surface area (TPSA) is 44.4 Å². The van der Waals surface area contributed by atoms with Gasteiger partial charge in [-0.25, -0.2) is 0 Å². The van der Waals surface area contributed by atoms with Crippen molar-refractivity contribution in [2.24, 2.45) is 5.92 Å². The maximum Gasteiger partial charge on any atom is 0.226 e. The number of piperidine rings is 1. The molecule has 2 fully saturated rings. The van der Waals surface area contributed by atoms with Gasteiger partial charge in [-0.1, -0.05) is 25.3 Å². The number of nitrogens with zero attached hydrogens (tertiary/aromatic N) is 1. The van der Waals surface area contributed by atoms with Crippen molar-refractivity contribution in [3.05, 3.63) is 11.8 Å². The van der Waals surface area contributed by atoms with Crippen molar-refractivity contribution in [2.45, 2.75) is 83.1 Å². The number of nitrogens with one attached hydrogen (secondary N) is 2. The summed E-state index contributed by atoms with van der Waals surface area (Å²) in [6, 6.07) is 0.541. The molecular weight excluding hydrogens is 330 g/mol. The van der Waals surface area contributed by atoms with Crippen molar-refractivity contribution in [2.75, 3.05) is 13.1 Å². The maximum atomic E-state index is 12.6. The minimum absolute atomic E-state index is 0.297. The van der Waals surface area contributed by atoms with Crippen molar-refractivity contribution in [1.82, 2.24) is 15.5 Å². The predicted molar refractivity (Wildman–Crippen MR) is 106 cm³/mol. The molecule has 2 N–H and O–H groups in total. The number of fused-ring (bicyclic) bond motifs is 1. The Kier molecular flexibility index (Phi) is 7.14. The molecule has 0 aromatic carbocycles. The molecule has 0 aromatic heterocycles. The summed E-state index contributed by atoms with van der Waals surface area (Å²) in [5.41, 5.74) is 1.32. The standard InChI is InChI=1S/C20H33N3OS/c24-19(23-15-7-9-16-8-4-5-12-18(16)23)13-6-14-21-20(25)22-17-10-2-1-3-11-17/h12,16-17H,1-11,13-15H2,(H2,21,22,25). The lowest BCUT2D eigenvalue weighted by molar-refractivity contribution is -0.130. The van der Waals surface area contributed by atoms with Crippen molar-refractivity contribution >= 4 is 23.2 Å². The zero-order chi connectivity index (χ0) is 17.5. The molecule has 0 spiro atoms. The summed E-state index contributed by atoms with van der Waals surface area (Å²) >= 11 is 5.39. The van der Waals surface area contributed by atoms with Crippen LogP contribution >= 0.6 is 12.2 Å². The van der Waals surface area contributed by atoms with Crippen LogP contribution in [-0.2, 0) is 4.79 Å². The van der Waals surface area contributed by atoms with Gasteiger partial charge in [0.2, 0.25) is 5.91 Å². The molecule has 140 valence electrons. The van der Waals surface area contributed by atoms with Crippen LogP contribution in [0.15, 0.2) is 11.8 Å². The Balaban J connectivity index is 1.34. The molecule has 0 bridgehead atoms. The molecule has 1 heterocycles. The van der Waals surface area contributed by atoms with Crippen LogP contribution in [0.25, 0.3) is 0 Å². The molecule has 3 rings (SSSR count). The minimum Gasteiger partial charge on any atom is -0.363 e. The highest BCUT2D eigenvalue weighted by Gasteiger charge is 2.29. The molecule has 5 heteroatoms. The molecule has 0 radical (unpaired) electrons. The van der Waals surface area contributed by atoms with Gasteiger partial charge in [-0.3, -0.25) is 4.79 Å². The second kappa shape index (κ2) is 9.56. The number of allylic oxidation sites excluding steroid dienone is 2. The lowest BCUT2D eigenvalue weighted by Crippen LogP contribution is -2.43. The molecule has 1 amide bonds. The third kappa shape index (κ3) is 5.44. The number of carbonyl (C=O) groups excluding carboxylic acids is 1. The monoisotopic (exact) mass is 363 g/mol. The molecule has 1 saturated carbocycles. The highest BCUT2D eigenvalue weighted by Crippen LogP contribution is 2.35. The third-order valence-electron chi connectivity index (χ3n) is 5.87. The van der Waals surface area contributed by atoms with E-state index in [1.807, 2.05) is 0 Å². The fourth-order valence-electron chi connectivity index (χ4n) is 4.50. The first-order chi connectivity index (χ1) is 12.2. The van der Waals surface area contributed by atoms with E-state index in [-0.39, 0.29) is 0 Å². The van der Waals surface area contributed by atoms with E-state index in [1.165, 1.54) is 57.1 Å². The quantitative estimate of drug-likeness (QED) is 0.575. The first kappa shape index (κ1) is 18.7. The van der Waals surface area contributed by atoms with Gasteiger partial charge in [0.1, 0.15) is 0 Å². The van der Waals surface area contributed by atoms with Gasteiger partial charge < -0.3 is 15.5 Å². The van der Waals surface area contributed by atoms with E-state index in [2.05, 4.69) is 21.6 Å². The van der Waals surface area contributed by atoms with Crippen molar-refractivity contribution in [3.63, 3.8) is 0 Å². The highest BCUT2D eigenvalue weighted by molar-refractivity contribution is 7.80. The fraction of sp³-hybridized carbons (Fsp3) is 0.800. The summed E-state index contributed by atoms with van der Waals surface area (Å²) in [6.45, 7) is 1.69. The average molecular weight is 364 g/mol. The van der Waals surface area contributed by atoms with E-state index < -0.39 is 0 Å². The number of thiocarbonyl (C=S) groups is 1. The summed E-state index contributed by atoms with van der Waals surface area (Å²) in [5, 5.41) is 7.46.